The summed E-state index contributed by atoms with van der Waals surface area (Å²) >= 11 is 1.46. The summed E-state index contributed by atoms with van der Waals surface area (Å²) < 4.78 is 40.1. The molecule has 1 aliphatic carbocycles. The molecule has 2 aromatic rings. The molecule has 0 spiro atoms. The van der Waals surface area contributed by atoms with Gasteiger partial charge in [-0.3, -0.25) is 20.4 Å². The van der Waals surface area contributed by atoms with Gasteiger partial charge in [0.1, 0.15) is 5.82 Å². The lowest BCUT2D eigenvalue weighted by Crippen LogP contribution is -2.49. The molecule has 0 saturated carbocycles. The molecule has 2 unspecified atom stereocenters. The van der Waals surface area contributed by atoms with Gasteiger partial charge in [0.25, 0.3) is 5.91 Å². The maximum atomic E-state index is 13.1. The molecule has 0 bridgehead atoms. The molecule has 10 heteroatoms. The monoisotopic (exact) mass is 479 g/mol. The van der Waals surface area contributed by atoms with Crippen LogP contribution >= 0.6 is 11.3 Å². The predicted molar refractivity (Wildman–Crippen MR) is 119 cm³/mol. The molecule has 2 N–H and O–H groups in total. The first-order valence-electron chi connectivity index (χ1n) is 10.7. The number of carbonyl (C=O) groups excluding carboxylic acids is 2. The lowest BCUT2D eigenvalue weighted by atomic mass is 9.90. The Kier molecular flexibility index (Phi) is 6.64. The minimum absolute atomic E-state index is 0.00655. The third kappa shape index (κ3) is 4.87. The number of halogens is 1. The molecule has 2 amide bonds. The van der Waals surface area contributed by atoms with Gasteiger partial charge < -0.3 is 0 Å². The van der Waals surface area contributed by atoms with Gasteiger partial charge in [-0.25, -0.2) is 12.8 Å². The molecule has 32 heavy (non-hydrogen) atoms. The summed E-state index contributed by atoms with van der Waals surface area (Å²) in [6.45, 7) is 2.49. The van der Waals surface area contributed by atoms with Crippen molar-refractivity contribution in [1.29, 1.82) is 0 Å². The minimum atomic E-state index is -3.83. The Hall–Kier alpha value is -2.30. The van der Waals surface area contributed by atoms with Gasteiger partial charge in [-0.1, -0.05) is 6.92 Å². The molecule has 7 nitrogen and oxygen atoms in total. The number of hydrogen-bond acceptors (Lipinski definition) is 5. The van der Waals surface area contributed by atoms with E-state index in [2.05, 4.69) is 17.8 Å². The summed E-state index contributed by atoms with van der Waals surface area (Å²) in [6, 6.07) is 6.53. The van der Waals surface area contributed by atoms with Gasteiger partial charge in [-0.05, 0) is 73.9 Å². The zero-order valence-corrected chi connectivity index (χ0v) is 19.4. The van der Waals surface area contributed by atoms with Crippen LogP contribution < -0.4 is 10.9 Å². The quantitative estimate of drug-likeness (QED) is 0.660. The molecule has 1 saturated heterocycles. The second kappa shape index (κ2) is 9.29. The lowest BCUT2D eigenvalue weighted by molar-refractivity contribution is -0.126. The molecule has 2 heterocycles. The Morgan fingerprint density at radius 3 is 2.66 bits per heavy atom. The highest BCUT2D eigenvalue weighted by Gasteiger charge is 2.33. The van der Waals surface area contributed by atoms with Crippen molar-refractivity contribution in [2.24, 2.45) is 11.8 Å². The number of nitrogens with one attached hydrogen (secondary N) is 2. The smallest absolute Gasteiger partial charge is 0.273 e. The average molecular weight is 480 g/mol. The Bertz CT molecular complexity index is 1110. The SMILES string of the molecule is CC1CCc2sc(C(=O)NNC(=O)C3CCCN(S(=O)(=O)c4ccc(F)cc4)C3)cc2C1. The summed E-state index contributed by atoms with van der Waals surface area (Å²) in [6.07, 6.45) is 4.09. The minimum Gasteiger partial charge on any atom is -0.273 e. The topological polar surface area (TPSA) is 95.6 Å². The number of piperidine rings is 1. The molecule has 1 fully saturated rings. The van der Waals surface area contributed by atoms with Gasteiger partial charge in [0.05, 0.1) is 15.7 Å². The number of amides is 2. The molecule has 2 atom stereocenters. The van der Waals surface area contributed by atoms with Crippen LogP contribution in [0.4, 0.5) is 4.39 Å². The molecule has 1 aliphatic heterocycles. The molecular formula is C22H26FN3O4S2. The number of carbonyl (C=O) groups is 2. The number of hydrogen-bond donors (Lipinski definition) is 2. The highest BCUT2D eigenvalue weighted by atomic mass is 32.2. The fourth-order valence-corrected chi connectivity index (χ4v) is 6.86. The van der Waals surface area contributed by atoms with Crippen LogP contribution in [0.5, 0.6) is 0 Å². The Balaban J connectivity index is 1.35. The molecule has 172 valence electrons. The number of benzene rings is 1. The van der Waals surface area contributed by atoms with Gasteiger partial charge in [0.15, 0.2) is 0 Å². The molecule has 4 rings (SSSR count). The van der Waals surface area contributed by atoms with E-state index in [4.69, 9.17) is 0 Å². The number of thiophene rings is 1. The van der Waals surface area contributed by atoms with Gasteiger partial charge in [-0.15, -0.1) is 11.3 Å². The van der Waals surface area contributed by atoms with Gasteiger partial charge in [-0.2, -0.15) is 4.31 Å². The highest BCUT2D eigenvalue weighted by molar-refractivity contribution is 7.89. The standard InChI is InChI=1S/C22H26FN3O4S2/c1-14-4-9-19-16(11-14)12-20(31-19)22(28)25-24-21(27)15-3-2-10-26(13-15)32(29,30)18-7-5-17(23)6-8-18/h5-8,12,14-15H,2-4,9-11,13H2,1H3,(H,24,27)(H,25,28). The fraction of sp³-hybridized carbons (Fsp3) is 0.455. The second-order valence-corrected chi connectivity index (χ2v) is 11.6. The Labute approximate surface area is 191 Å². The van der Waals surface area contributed by atoms with Crippen molar-refractivity contribution in [2.75, 3.05) is 13.1 Å². The first-order valence-corrected chi connectivity index (χ1v) is 13.0. The summed E-state index contributed by atoms with van der Waals surface area (Å²) in [4.78, 5) is 26.9. The van der Waals surface area contributed by atoms with Crippen molar-refractivity contribution in [3.8, 4) is 0 Å². The first kappa shape index (κ1) is 22.9. The van der Waals surface area contributed by atoms with E-state index in [1.165, 1.54) is 38.2 Å². The molecule has 1 aromatic heterocycles. The van der Waals surface area contributed by atoms with E-state index in [1.54, 1.807) is 0 Å². The number of aryl methyl sites for hydroxylation is 1. The van der Waals surface area contributed by atoms with Crippen LogP contribution in [0.1, 0.15) is 46.3 Å². The van der Waals surface area contributed by atoms with Crippen LogP contribution in [0.2, 0.25) is 0 Å². The van der Waals surface area contributed by atoms with E-state index in [-0.39, 0.29) is 23.9 Å². The normalized spacial score (nSPS) is 21.6. The van der Waals surface area contributed by atoms with E-state index in [9.17, 15) is 22.4 Å². The fourth-order valence-electron chi connectivity index (χ4n) is 4.23. The second-order valence-electron chi connectivity index (χ2n) is 8.51. The average Bonchev–Trinajstić information content (AvgIpc) is 3.21. The Morgan fingerprint density at radius 2 is 1.91 bits per heavy atom. The van der Waals surface area contributed by atoms with Crippen LogP contribution in [0.3, 0.4) is 0 Å². The van der Waals surface area contributed by atoms with Crippen LogP contribution in [0.25, 0.3) is 0 Å². The van der Waals surface area contributed by atoms with Crippen molar-refractivity contribution < 1.29 is 22.4 Å². The van der Waals surface area contributed by atoms with Crippen molar-refractivity contribution in [1.82, 2.24) is 15.2 Å². The van der Waals surface area contributed by atoms with E-state index >= 15 is 0 Å². The summed E-state index contributed by atoms with van der Waals surface area (Å²) in [5.74, 6) is -1.29. The maximum absolute atomic E-state index is 13.1. The van der Waals surface area contributed by atoms with Crippen LogP contribution in [-0.2, 0) is 27.7 Å². The number of nitrogens with zero attached hydrogens (tertiary/aromatic N) is 1. The highest BCUT2D eigenvalue weighted by Crippen LogP contribution is 2.32. The molecule has 2 aliphatic rings. The zero-order chi connectivity index (χ0) is 22.9. The predicted octanol–water partition coefficient (Wildman–Crippen LogP) is 2.87. The van der Waals surface area contributed by atoms with E-state index in [1.807, 2.05) is 6.07 Å². The van der Waals surface area contributed by atoms with Crippen LogP contribution in [0.15, 0.2) is 35.2 Å². The third-order valence-corrected chi connectivity index (χ3v) is 9.17. The molecular weight excluding hydrogens is 453 g/mol. The van der Waals surface area contributed by atoms with Gasteiger partial charge in [0.2, 0.25) is 15.9 Å². The molecule has 0 radical (unpaired) electrons. The maximum Gasteiger partial charge on any atom is 0.279 e. The van der Waals surface area contributed by atoms with E-state index < -0.39 is 27.7 Å². The number of sulfonamides is 1. The van der Waals surface area contributed by atoms with E-state index in [0.29, 0.717) is 23.6 Å². The molecule has 1 aromatic carbocycles. The summed E-state index contributed by atoms with van der Waals surface area (Å²) in [7, 11) is -3.83. The van der Waals surface area contributed by atoms with Crippen molar-refractivity contribution >= 4 is 33.2 Å². The van der Waals surface area contributed by atoms with Crippen molar-refractivity contribution in [3.05, 3.63) is 51.5 Å². The summed E-state index contributed by atoms with van der Waals surface area (Å²) in [5.41, 5.74) is 6.13. The van der Waals surface area contributed by atoms with Crippen LogP contribution in [-0.4, -0.2) is 37.6 Å². The summed E-state index contributed by atoms with van der Waals surface area (Å²) in [5, 5.41) is 0. The first-order chi connectivity index (χ1) is 15.2. The van der Waals surface area contributed by atoms with Crippen molar-refractivity contribution in [3.63, 3.8) is 0 Å². The number of fused-ring (bicyclic) bond motifs is 1. The van der Waals surface area contributed by atoms with Gasteiger partial charge >= 0.3 is 0 Å². The number of hydrazine groups is 1. The van der Waals surface area contributed by atoms with E-state index in [0.717, 1.165) is 31.4 Å². The van der Waals surface area contributed by atoms with Crippen LogP contribution in [0, 0.1) is 17.7 Å². The lowest BCUT2D eigenvalue weighted by Gasteiger charge is -2.31. The largest absolute Gasteiger partial charge is 0.279 e. The Morgan fingerprint density at radius 1 is 1.16 bits per heavy atom. The zero-order valence-electron chi connectivity index (χ0n) is 17.8. The number of rotatable bonds is 4. The van der Waals surface area contributed by atoms with Crippen molar-refractivity contribution in [2.45, 2.75) is 43.9 Å². The third-order valence-electron chi connectivity index (χ3n) is 6.06. The van der Waals surface area contributed by atoms with Gasteiger partial charge in [0, 0.05) is 18.0 Å².